The van der Waals surface area contributed by atoms with E-state index in [9.17, 15) is 4.79 Å². The molecule has 0 bridgehead atoms. The molecule has 0 atom stereocenters. The normalized spacial score (nSPS) is 7.88. The molecule has 1 rings (SSSR count). The molecule has 0 aliphatic carbocycles. The first kappa shape index (κ1) is 17.9. The fourth-order valence-corrected chi connectivity index (χ4v) is 1.01. The van der Waals surface area contributed by atoms with E-state index in [1.165, 1.54) is 0 Å². The Labute approximate surface area is 105 Å². The molecule has 1 aromatic rings. The van der Waals surface area contributed by atoms with Crippen molar-refractivity contribution < 1.29 is 9.53 Å². The van der Waals surface area contributed by atoms with Crippen molar-refractivity contribution in [1.82, 2.24) is 5.32 Å². The zero-order chi connectivity index (χ0) is 13.7. The van der Waals surface area contributed by atoms with E-state index in [1.807, 2.05) is 34.6 Å². The Morgan fingerprint density at radius 3 is 1.94 bits per heavy atom. The van der Waals surface area contributed by atoms with Gasteiger partial charge in [0.05, 0.1) is 7.11 Å². The Morgan fingerprint density at radius 2 is 1.59 bits per heavy atom. The van der Waals surface area contributed by atoms with Gasteiger partial charge in [-0.3, -0.25) is 4.79 Å². The summed E-state index contributed by atoms with van der Waals surface area (Å²) in [4.78, 5) is 11.3. The predicted octanol–water partition coefficient (Wildman–Crippen LogP) is 3.50. The lowest BCUT2D eigenvalue weighted by molar-refractivity contribution is 0.0956. The van der Waals surface area contributed by atoms with Gasteiger partial charge in [0.1, 0.15) is 5.75 Å². The Hall–Kier alpha value is -1.51. The van der Waals surface area contributed by atoms with Gasteiger partial charge in [-0.15, -0.1) is 0 Å². The van der Waals surface area contributed by atoms with Gasteiger partial charge in [-0.1, -0.05) is 27.7 Å². The van der Waals surface area contributed by atoms with Crippen molar-refractivity contribution in [2.45, 2.75) is 34.6 Å². The molecule has 0 unspecified atom stereocenters. The molecule has 0 radical (unpaired) electrons. The van der Waals surface area contributed by atoms with Crippen molar-refractivity contribution in [3.8, 4) is 5.75 Å². The highest BCUT2D eigenvalue weighted by Crippen LogP contribution is 2.10. The zero-order valence-electron chi connectivity index (χ0n) is 11.8. The third-order valence-electron chi connectivity index (χ3n) is 1.69. The fraction of sp³-hybridized carbons (Fsp3) is 0.500. The molecular formula is C14H25NO2. The number of carbonyl (C=O) groups excluding carboxylic acids is 1. The molecule has 0 aliphatic rings. The Morgan fingerprint density at radius 1 is 1.12 bits per heavy atom. The molecule has 3 nitrogen and oxygen atoms in total. The number of benzene rings is 1. The van der Waals surface area contributed by atoms with Gasteiger partial charge in [0, 0.05) is 12.1 Å². The maximum absolute atomic E-state index is 11.3. The fourth-order valence-electron chi connectivity index (χ4n) is 1.01. The third-order valence-corrected chi connectivity index (χ3v) is 1.69. The van der Waals surface area contributed by atoms with Crippen molar-refractivity contribution in [2.24, 2.45) is 0 Å². The molecule has 0 spiro atoms. The van der Waals surface area contributed by atoms with Gasteiger partial charge in [0.15, 0.2) is 0 Å². The van der Waals surface area contributed by atoms with Crippen LogP contribution >= 0.6 is 0 Å². The zero-order valence-corrected chi connectivity index (χ0v) is 11.8. The van der Waals surface area contributed by atoms with Crippen LogP contribution in [0.5, 0.6) is 5.75 Å². The van der Waals surface area contributed by atoms with Crippen LogP contribution < -0.4 is 10.1 Å². The van der Waals surface area contributed by atoms with Crippen LogP contribution in [-0.4, -0.2) is 19.6 Å². The smallest absolute Gasteiger partial charge is 0.251 e. The Kier molecular flexibility index (Phi) is 13.2. The number of carbonyl (C=O) groups is 1. The molecule has 1 N–H and O–H groups in total. The summed E-state index contributed by atoms with van der Waals surface area (Å²) in [5, 5.41) is 2.72. The van der Waals surface area contributed by atoms with E-state index >= 15 is 0 Å². The van der Waals surface area contributed by atoms with Gasteiger partial charge in [-0.05, 0) is 31.2 Å². The van der Waals surface area contributed by atoms with Gasteiger partial charge >= 0.3 is 0 Å². The molecule has 0 fully saturated rings. The predicted molar refractivity (Wildman–Crippen MR) is 73.7 cm³/mol. The first-order chi connectivity index (χ1) is 8.27. The van der Waals surface area contributed by atoms with Crippen LogP contribution in [0.4, 0.5) is 0 Å². The number of methoxy groups -OCH3 is 1. The number of hydrogen-bond acceptors (Lipinski definition) is 2. The topological polar surface area (TPSA) is 38.3 Å². The van der Waals surface area contributed by atoms with Gasteiger partial charge in [0.2, 0.25) is 0 Å². The maximum atomic E-state index is 11.3. The second kappa shape index (κ2) is 12.6. The van der Waals surface area contributed by atoms with Crippen LogP contribution in [0.25, 0.3) is 0 Å². The van der Waals surface area contributed by atoms with Crippen LogP contribution in [0.3, 0.4) is 0 Å². The molecule has 1 amide bonds. The van der Waals surface area contributed by atoms with Crippen molar-refractivity contribution >= 4 is 5.91 Å². The molecule has 0 aliphatic heterocycles. The number of rotatable bonds is 3. The second-order valence-electron chi connectivity index (χ2n) is 2.59. The lowest BCUT2D eigenvalue weighted by Crippen LogP contribution is -2.22. The molecule has 0 heterocycles. The van der Waals surface area contributed by atoms with Crippen LogP contribution in [-0.2, 0) is 0 Å². The number of ether oxygens (including phenoxy) is 1. The number of hydrogen-bond donors (Lipinski definition) is 1. The lowest BCUT2D eigenvalue weighted by Gasteiger charge is -2.03. The number of amides is 1. The average molecular weight is 239 g/mol. The van der Waals surface area contributed by atoms with E-state index in [4.69, 9.17) is 4.74 Å². The summed E-state index contributed by atoms with van der Waals surface area (Å²) in [6, 6.07) is 7.02. The molecule has 17 heavy (non-hydrogen) atoms. The summed E-state index contributed by atoms with van der Waals surface area (Å²) >= 11 is 0. The minimum absolute atomic E-state index is 0.0508. The first-order valence-electron chi connectivity index (χ1n) is 6.20. The molecule has 3 heteroatoms. The van der Waals surface area contributed by atoms with Crippen molar-refractivity contribution in [3.05, 3.63) is 29.8 Å². The van der Waals surface area contributed by atoms with Crippen molar-refractivity contribution in [2.75, 3.05) is 13.7 Å². The van der Waals surface area contributed by atoms with Crippen LogP contribution in [0, 0.1) is 0 Å². The van der Waals surface area contributed by atoms with Crippen molar-refractivity contribution in [3.63, 3.8) is 0 Å². The summed E-state index contributed by atoms with van der Waals surface area (Å²) in [5.74, 6) is 0.707. The monoisotopic (exact) mass is 239 g/mol. The van der Waals surface area contributed by atoms with Crippen LogP contribution in [0.2, 0.25) is 0 Å². The summed E-state index contributed by atoms with van der Waals surface area (Å²) in [6.45, 7) is 10.5. The van der Waals surface area contributed by atoms with Crippen LogP contribution in [0.15, 0.2) is 24.3 Å². The molecular weight excluding hydrogens is 214 g/mol. The quantitative estimate of drug-likeness (QED) is 0.876. The first-order valence-corrected chi connectivity index (χ1v) is 6.20. The molecule has 0 aromatic heterocycles. The highest BCUT2D eigenvalue weighted by molar-refractivity contribution is 5.94. The summed E-state index contributed by atoms with van der Waals surface area (Å²) < 4.78 is 4.98. The van der Waals surface area contributed by atoms with Crippen LogP contribution in [0.1, 0.15) is 45.0 Å². The third kappa shape index (κ3) is 7.39. The van der Waals surface area contributed by atoms with Crippen molar-refractivity contribution in [1.29, 1.82) is 0 Å². The molecule has 0 saturated heterocycles. The minimum Gasteiger partial charge on any atom is -0.497 e. The maximum Gasteiger partial charge on any atom is 0.251 e. The second-order valence-corrected chi connectivity index (χ2v) is 2.59. The highest BCUT2D eigenvalue weighted by Gasteiger charge is 2.02. The van der Waals surface area contributed by atoms with E-state index in [-0.39, 0.29) is 5.91 Å². The van der Waals surface area contributed by atoms with E-state index in [0.717, 1.165) is 5.75 Å². The largest absolute Gasteiger partial charge is 0.497 e. The molecule has 0 saturated carbocycles. The van der Waals surface area contributed by atoms with E-state index in [2.05, 4.69) is 5.32 Å². The summed E-state index contributed by atoms with van der Waals surface area (Å²) in [5.41, 5.74) is 0.655. The standard InChI is InChI=1S/C10H13NO2.2C2H6/c1-3-11-10(12)8-4-6-9(13-2)7-5-8;2*1-2/h4-7H,3H2,1-2H3,(H,11,12);2*1-2H3. The van der Waals surface area contributed by atoms with E-state index < -0.39 is 0 Å². The highest BCUT2D eigenvalue weighted by atomic mass is 16.5. The van der Waals surface area contributed by atoms with Gasteiger partial charge in [-0.2, -0.15) is 0 Å². The summed E-state index contributed by atoms with van der Waals surface area (Å²) in [7, 11) is 1.60. The minimum atomic E-state index is -0.0508. The SMILES string of the molecule is CC.CC.CCNC(=O)c1ccc(OC)cc1. The molecule has 1 aromatic carbocycles. The average Bonchev–Trinajstić information content (AvgIpc) is 2.43. The molecule has 98 valence electrons. The number of nitrogens with one attached hydrogen (secondary N) is 1. The Bertz CT molecular complexity index is 281. The summed E-state index contributed by atoms with van der Waals surface area (Å²) in [6.07, 6.45) is 0. The lowest BCUT2D eigenvalue weighted by atomic mass is 10.2. The van der Waals surface area contributed by atoms with E-state index in [1.54, 1.807) is 31.4 Å². The van der Waals surface area contributed by atoms with Gasteiger partial charge < -0.3 is 10.1 Å². The van der Waals surface area contributed by atoms with E-state index in [0.29, 0.717) is 12.1 Å². The Balaban J connectivity index is 0. The van der Waals surface area contributed by atoms with Gasteiger partial charge in [0.25, 0.3) is 5.91 Å². The van der Waals surface area contributed by atoms with Gasteiger partial charge in [-0.25, -0.2) is 0 Å².